The number of nitrogens with zero attached hydrogens (tertiary/aromatic N) is 4. The molecule has 1 aromatic carbocycles. The van der Waals surface area contributed by atoms with Crippen LogP contribution in [0.25, 0.3) is 0 Å². The predicted molar refractivity (Wildman–Crippen MR) is 154 cm³/mol. The van der Waals surface area contributed by atoms with Gasteiger partial charge in [-0.2, -0.15) is 0 Å². The Bertz CT molecular complexity index is 963. The molecule has 9 heteroatoms. The van der Waals surface area contributed by atoms with Crippen molar-refractivity contribution >= 4 is 45.8 Å². The Morgan fingerprint density at radius 3 is 2.56 bits per heavy atom. The Morgan fingerprint density at radius 1 is 1.14 bits per heavy atom. The van der Waals surface area contributed by atoms with Gasteiger partial charge in [0.05, 0.1) is 4.48 Å². The maximum atomic E-state index is 12.0. The third kappa shape index (κ3) is 7.56. The minimum atomic E-state index is 0.196. The molecule has 0 unspecified atom stereocenters. The molecule has 36 heavy (non-hydrogen) atoms. The van der Waals surface area contributed by atoms with Crippen LogP contribution in [0.1, 0.15) is 50.0 Å². The van der Waals surface area contributed by atoms with Crippen LogP contribution in [-0.2, 0) is 4.79 Å². The van der Waals surface area contributed by atoms with Gasteiger partial charge >= 0.3 is 0 Å². The molecule has 1 heterocycles. The Labute approximate surface area is 223 Å². The lowest BCUT2D eigenvalue weighted by Crippen LogP contribution is -2.44. The van der Waals surface area contributed by atoms with Gasteiger partial charge in [-0.05, 0) is 91.5 Å². The number of amidine groups is 1. The van der Waals surface area contributed by atoms with Gasteiger partial charge in [-0.15, -0.1) is 0 Å². The highest BCUT2D eigenvalue weighted by Crippen LogP contribution is 2.44. The van der Waals surface area contributed by atoms with Gasteiger partial charge in [0.2, 0.25) is 5.91 Å². The number of anilines is 2. The molecule has 1 saturated heterocycles. The zero-order chi connectivity index (χ0) is 25.3. The molecule has 0 atom stereocenters. The standard InChI is InChI=1S/C27H40BrN7O/c1-29-18-24(28)26(30-11-4-12-31-27(36)21-5-3-6-21)33-19-32-25-10-9-22(17-23(25)20-7-8-20)35-15-13-34(2)14-16-35/h9-10,17-18,20-21,32H,1,3-8,11-16,19H2,2H3,(H,30,33)(H,31,36)/b24-18+. The van der Waals surface area contributed by atoms with Crippen LogP contribution in [-0.4, -0.2) is 76.3 Å². The maximum absolute atomic E-state index is 12.0. The van der Waals surface area contributed by atoms with E-state index in [1.165, 1.54) is 36.2 Å². The third-order valence-corrected chi connectivity index (χ3v) is 7.86. The van der Waals surface area contributed by atoms with E-state index in [0.717, 1.165) is 55.8 Å². The minimum absolute atomic E-state index is 0.196. The SMILES string of the molecule is C=N/C=C(Br)\C(=N/CNc1ccc(N2CCN(C)CC2)cc1C1CC1)NCCCNC(=O)C1CCC1. The van der Waals surface area contributed by atoms with Crippen LogP contribution < -0.4 is 20.9 Å². The summed E-state index contributed by atoms with van der Waals surface area (Å²) in [4.78, 5) is 25.5. The number of hydrogen-bond donors (Lipinski definition) is 3. The van der Waals surface area contributed by atoms with Gasteiger partial charge in [-0.25, -0.2) is 4.99 Å². The van der Waals surface area contributed by atoms with Gasteiger partial charge in [0, 0.05) is 62.8 Å². The van der Waals surface area contributed by atoms with Crippen LogP contribution in [0.2, 0.25) is 0 Å². The van der Waals surface area contributed by atoms with E-state index in [0.29, 0.717) is 25.7 Å². The van der Waals surface area contributed by atoms with Gasteiger partial charge in [0.25, 0.3) is 0 Å². The third-order valence-electron chi connectivity index (χ3n) is 7.28. The number of carbonyl (C=O) groups excluding carboxylic acids is 1. The van der Waals surface area contributed by atoms with E-state index in [1.54, 1.807) is 6.20 Å². The van der Waals surface area contributed by atoms with Gasteiger partial charge < -0.3 is 25.8 Å². The van der Waals surface area contributed by atoms with Crippen LogP contribution in [0.15, 0.2) is 38.9 Å². The highest BCUT2D eigenvalue weighted by Gasteiger charge is 2.27. The Morgan fingerprint density at radius 2 is 1.89 bits per heavy atom. The van der Waals surface area contributed by atoms with Crippen molar-refractivity contribution in [3.05, 3.63) is 34.4 Å². The zero-order valence-corrected chi connectivity index (χ0v) is 23.0. The number of piperazine rings is 1. The van der Waals surface area contributed by atoms with Crippen molar-refractivity contribution in [3.8, 4) is 0 Å². The number of carbonyl (C=O) groups is 1. The van der Waals surface area contributed by atoms with E-state index < -0.39 is 0 Å². The first-order valence-corrected chi connectivity index (χ1v) is 14.0. The van der Waals surface area contributed by atoms with E-state index in [1.807, 2.05) is 0 Å². The number of rotatable bonds is 12. The molecule has 3 aliphatic rings. The average molecular weight is 559 g/mol. The second-order valence-corrected chi connectivity index (χ2v) is 10.9. The van der Waals surface area contributed by atoms with E-state index in [4.69, 9.17) is 4.99 Å². The average Bonchev–Trinajstić information content (AvgIpc) is 3.68. The summed E-state index contributed by atoms with van der Waals surface area (Å²) >= 11 is 3.55. The molecule has 3 fully saturated rings. The monoisotopic (exact) mass is 557 g/mol. The summed E-state index contributed by atoms with van der Waals surface area (Å²) < 4.78 is 0.755. The lowest BCUT2D eigenvalue weighted by atomic mass is 9.85. The molecule has 1 aliphatic heterocycles. The summed E-state index contributed by atoms with van der Waals surface area (Å²) in [5.74, 6) is 1.80. The number of likely N-dealkylation sites (N-methyl/N-ethyl adjacent to an activating group) is 1. The predicted octanol–water partition coefficient (Wildman–Crippen LogP) is 3.92. The molecule has 4 rings (SSSR count). The van der Waals surface area contributed by atoms with E-state index in [-0.39, 0.29) is 11.8 Å². The normalized spacial score (nSPS) is 19.6. The van der Waals surface area contributed by atoms with Gasteiger partial charge in [0.1, 0.15) is 12.5 Å². The molecule has 0 bridgehead atoms. The van der Waals surface area contributed by atoms with Gasteiger partial charge in [0.15, 0.2) is 0 Å². The van der Waals surface area contributed by atoms with E-state index in [9.17, 15) is 4.79 Å². The number of hydrogen-bond acceptors (Lipinski definition) is 6. The molecule has 2 aliphatic carbocycles. The summed E-state index contributed by atoms with van der Waals surface area (Å²) in [6.07, 6.45) is 8.22. The lowest BCUT2D eigenvalue weighted by molar-refractivity contribution is -0.127. The van der Waals surface area contributed by atoms with Crippen molar-refractivity contribution in [2.45, 2.75) is 44.4 Å². The molecule has 0 aromatic heterocycles. The maximum Gasteiger partial charge on any atom is 0.223 e. The fraction of sp³-hybridized carbons (Fsp3) is 0.593. The van der Waals surface area contributed by atoms with Crippen molar-refractivity contribution < 1.29 is 4.79 Å². The Hall–Kier alpha value is -2.39. The van der Waals surface area contributed by atoms with Crippen molar-refractivity contribution in [1.29, 1.82) is 0 Å². The number of amides is 1. The summed E-state index contributed by atoms with van der Waals surface area (Å²) in [5.41, 5.74) is 3.90. The lowest BCUT2D eigenvalue weighted by Gasteiger charge is -2.34. The topological polar surface area (TPSA) is 84.4 Å². The molecular formula is C27H40BrN7O. The smallest absolute Gasteiger partial charge is 0.223 e. The van der Waals surface area contributed by atoms with Gasteiger partial charge in [-0.1, -0.05) is 6.42 Å². The van der Waals surface area contributed by atoms with Crippen molar-refractivity contribution in [1.82, 2.24) is 15.5 Å². The highest BCUT2D eigenvalue weighted by atomic mass is 79.9. The van der Waals surface area contributed by atoms with Crippen LogP contribution >= 0.6 is 15.9 Å². The van der Waals surface area contributed by atoms with Crippen LogP contribution in [0.5, 0.6) is 0 Å². The Kier molecular flexibility index (Phi) is 9.81. The fourth-order valence-electron chi connectivity index (χ4n) is 4.59. The second-order valence-electron chi connectivity index (χ2n) is 10.0. The first kappa shape index (κ1) is 26.7. The number of aliphatic imine (C=N–C) groups is 2. The molecule has 0 spiro atoms. The van der Waals surface area contributed by atoms with Crippen molar-refractivity contribution in [2.24, 2.45) is 15.9 Å². The van der Waals surface area contributed by atoms with Crippen LogP contribution in [0.4, 0.5) is 11.4 Å². The Balaban J connectivity index is 1.31. The molecule has 0 radical (unpaired) electrons. The van der Waals surface area contributed by atoms with E-state index >= 15 is 0 Å². The second kappa shape index (κ2) is 13.2. The summed E-state index contributed by atoms with van der Waals surface area (Å²) in [6.45, 7) is 9.75. The highest BCUT2D eigenvalue weighted by molar-refractivity contribution is 9.12. The minimum Gasteiger partial charge on any atom is -0.369 e. The van der Waals surface area contributed by atoms with Crippen LogP contribution in [0, 0.1) is 5.92 Å². The molecular weight excluding hydrogens is 518 g/mol. The molecule has 3 N–H and O–H groups in total. The van der Waals surface area contributed by atoms with Gasteiger partial charge in [-0.3, -0.25) is 9.79 Å². The fourth-order valence-corrected chi connectivity index (χ4v) is 5.00. The number of halogens is 1. The quantitative estimate of drug-likeness (QED) is 0.206. The summed E-state index contributed by atoms with van der Waals surface area (Å²) in [6, 6.07) is 6.83. The summed E-state index contributed by atoms with van der Waals surface area (Å²) in [7, 11) is 2.19. The van der Waals surface area contributed by atoms with Crippen LogP contribution in [0.3, 0.4) is 0 Å². The number of nitrogens with one attached hydrogen (secondary N) is 3. The molecule has 8 nitrogen and oxygen atoms in total. The zero-order valence-electron chi connectivity index (χ0n) is 21.4. The van der Waals surface area contributed by atoms with Crippen molar-refractivity contribution in [3.63, 3.8) is 0 Å². The number of benzene rings is 1. The molecule has 2 saturated carbocycles. The van der Waals surface area contributed by atoms with E-state index in [2.05, 4.69) is 78.6 Å². The molecule has 196 valence electrons. The first-order valence-electron chi connectivity index (χ1n) is 13.2. The molecule has 1 amide bonds. The molecule has 1 aromatic rings. The summed E-state index contributed by atoms with van der Waals surface area (Å²) in [5, 5.41) is 9.95. The van der Waals surface area contributed by atoms with Crippen molar-refractivity contribution in [2.75, 3.05) is 63.2 Å². The first-order chi connectivity index (χ1) is 17.5. The largest absolute Gasteiger partial charge is 0.369 e.